The monoisotopic (exact) mass is 468 g/mol. The lowest BCUT2D eigenvalue weighted by molar-refractivity contribution is -0.126. The van der Waals surface area contributed by atoms with Crippen molar-refractivity contribution in [2.45, 2.75) is 37.8 Å². The highest BCUT2D eigenvalue weighted by atomic mass is 32.1. The SMILES string of the molecule is O=C(NCC(=O)N(c1cccnc1)[C@H](C(=O)NC1CCCC1)c1cccs1)c1cccs1. The fraction of sp³-hybridized carbons (Fsp3) is 0.304. The Morgan fingerprint density at radius 2 is 1.84 bits per heavy atom. The molecule has 3 aromatic rings. The van der Waals surface area contributed by atoms with Crippen molar-refractivity contribution in [1.82, 2.24) is 15.6 Å². The van der Waals surface area contributed by atoms with Gasteiger partial charge in [-0.3, -0.25) is 24.3 Å². The second-order valence-electron chi connectivity index (χ2n) is 7.54. The third-order valence-electron chi connectivity index (χ3n) is 5.36. The molecular weight excluding hydrogens is 444 g/mol. The number of hydrogen-bond acceptors (Lipinski definition) is 6. The van der Waals surface area contributed by atoms with Crippen molar-refractivity contribution in [3.8, 4) is 0 Å². The Hall–Kier alpha value is -3.04. The topological polar surface area (TPSA) is 91.4 Å². The van der Waals surface area contributed by atoms with Crippen LogP contribution < -0.4 is 15.5 Å². The summed E-state index contributed by atoms with van der Waals surface area (Å²) in [6.07, 6.45) is 7.25. The van der Waals surface area contributed by atoms with Crippen LogP contribution in [0.4, 0.5) is 5.69 Å². The summed E-state index contributed by atoms with van der Waals surface area (Å²) in [6.45, 7) is -0.232. The normalized spacial score (nSPS) is 14.6. The number of nitrogens with one attached hydrogen (secondary N) is 2. The summed E-state index contributed by atoms with van der Waals surface area (Å²) in [7, 11) is 0. The van der Waals surface area contributed by atoms with Gasteiger partial charge in [0.1, 0.15) is 6.04 Å². The van der Waals surface area contributed by atoms with Crippen molar-refractivity contribution >= 4 is 46.1 Å². The molecule has 3 heterocycles. The Balaban J connectivity index is 1.61. The second kappa shape index (κ2) is 10.5. The van der Waals surface area contributed by atoms with Crippen LogP contribution in [0, 0.1) is 0 Å². The van der Waals surface area contributed by atoms with Gasteiger partial charge in [0, 0.05) is 17.1 Å². The van der Waals surface area contributed by atoms with Gasteiger partial charge in [-0.1, -0.05) is 25.0 Å². The first-order chi connectivity index (χ1) is 15.6. The third-order valence-corrected chi connectivity index (χ3v) is 7.15. The number of hydrogen-bond donors (Lipinski definition) is 2. The summed E-state index contributed by atoms with van der Waals surface area (Å²) >= 11 is 2.72. The molecule has 0 aromatic carbocycles. The molecule has 1 saturated carbocycles. The molecule has 1 atom stereocenters. The number of thiophene rings is 2. The molecule has 0 radical (unpaired) electrons. The van der Waals surface area contributed by atoms with Crippen molar-refractivity contribution in [2.24, 2.45) is 0 Å². The molecule has 4 rings (SSSR count). The van der Waals surface area contributed by atoms with Crippen molar-refractivity contribution < 1.29 is 14.4 Å². The van der Waals surface area contributed by atoms with E-state index in [0.29, 0.717) is 10.6 Å². The molecule has 7 nitrogen and oxygen atoms in total. The average molecular weight is 469 g/mol. The number of carbonyl (C=O) groups excluding carboxylic acids is 3. The summed E-state index contributed by atoms with van der Waals surface area (Å²) in [5.41, 5.74) is 0.503. The number of nitrogens with zero attached hydrogens (tertiary/aromatic N) is 2. The van der Waals surface area contributed by atoms with E-state index in [-0.39, 0.29) is 30.3 Å². The lowest BCUT2D eigenvalue weighted by Crippen LogP contribution is -2.49. The minimum absolute atomic E-state index is 0.120. The van der Waals surface area contributed by atoms with Gasteiger partial charge in [0.05, 0.1) is 23.3 Å². The average Bonchev–Trinajstić information content (AvgIpc) is 3.59. The second-order valence-corrected chi connectivity index (χ2v) is 9.47. The van der Waals surface area contributed by atoms with Gasteiger partial charge >= 0.3 is 0 Å². The van der Waals surface area contributed by atoms with E-state index in [4.69, 9.17) is 0 Å². The third kappa shape index (κ3) is 5.23. The van der Waals surface area contributed by atoms with Crippen LogP contribution in [0.1, 0.15) is 46.3 Å². The minimum Gasteiger partial charge on any atom is -0.351 e. The van der Waals surface area contributed by atoms with Gasteiger partial charge in [-0.25, -0.2) is 0 Å². The maximum absolute atomic E-state index is 13.4. The Labute approximate surface area is 194 Å². The zero-order valence-electron chi connectivity index (χ0n) is 17.4. The first-order valence-electron chi connectivity index (χ1n) is 10.5. The fourth-order valence-corrected chi connectivity index (χ4v) is 5.29. The molecule has 3 amide bonds. The zero-order chi connectivity index (χ0) is 22.3. The van der Waals surface area contributed by atoms with Crippen LogP contribution in [0.15, 0.2) is 59.6 Å². The van der Waals surface area contributed by atoms with Crippen LogP contribution in [0.2, 0.25) is 0 Å². The Morgan fingerprint density at radius 1 is 1.06 bits per heavy atom. The van der Waals surface area contributed by atoms with E-state index >= 15 is 0 Å². The van der Waals surface area contributed by atoms with Gasteiger partial charge in [0.25, 0.3) is 5.91 Å². The molecule has 1 aliphatic carbocycles. The van der Waals surface area contributed by atoms with Crippen molar-refractivity contribution in [3.63, 3.8) is 0 Å². The first-order valence-corrected chi connectivity index (χ1v) is 12.3. The standard InChI is InChI=1S/C23H24N4O3S2/c28-20(15-25-22(29)19-10-5-13-32-19)27(17-8-3-11-24-14-17)21(18-9-4-12-31-18)23(30)26-16-6-1-2-7-16/h3-5,8-14,16,21H,1-2,6-7,15H2,(H,25,29)(H,26,30)/t21-/m0/s1. The summed E-state index contributed by atoms with van der Waals surface area (Å²) in [5.74, 6) is -0.924. The fourth-order valence-electron chi connectivity index (χ4n) is 3.84. The molecule has 0 saturated heterocycles. The molecule has 2 N–H and O–H groups in total. The van der Waals surface area contributed by atoms with E-state index in [9.17, 15) is 14.4 Å². The number of rotatable bonds is 8. The van der Waals surface area contributed by atoms with Gasteiger partial charge in [-0.05, 0) is 47.9 Å². The molecule has 32 heavy (non-hydrogen) atoms. The summed E-state index contributed by atoms with van der Waals surface area (Å²) < 4.78 is 0. The molecule has 9 heteroatoms. The van der Waals surface area contributed by atoms with Gasteiger partial charge in [-0.15, -0.1) is 22.7 Å². The van der Waals surface area contributed by atoms with Gasteiger partial charge < -0.3 is 10.6 Å². The molecule has 1 aliphatic rings. The molecule has 3 aromatic heterocycles. The largest absolute Gasteiger partial charge is 0.351 e. The van der Waals surface area contributed by atoms with Crippen molar-refractivity contribution in [2.75, 3.05) is 11.4 Å². The number of aromatic nitrogens is 1. The van der Waals surface area contributed by atoms with E-state index in [1.807, 2.05) is 17.5 Å². The number of pyridine rings is 1. The Bertz CT molecular complexity index is 1030. The van der Waals surface area contributed by atoms with E-state index in [2.05, 4.69) is 15.6 Å². The number of carbonyl (C=O) groups is 3. The van der Waals surface area contributed by atoms with Crippen LogP contribution in [0.25, 0.3) is 0 Å². The lowest BCUT2D eigenvalue weighted by atomic mass is 10.1. The smallest absolute Gasteiger partial charge is 0.261 e. The molecule has 0 unspecified atom stereocenters. The van der Waals surface area contributed by atoms with Crippen molar-refractivity contribution in [1.29, 1.82) is 0 Å². The first kappa shape index (κ1) is 22.2. The predicted octanol–water partition coefficient (Wildman–Crippen LogP) is 3.77. The lowest BCUT2D eigenvalue weighted by Gasteiger charge is -2.31. The maximum Gasteiger partial charge on any atom is 0.261 e. The van der Waals surface area contributed by atoms with Crippen LogP contribution in [0.5, 0.6) is 0 Å². The van der Waals surface area contributed by atoms with Gasteiger partial charge in [0.15, 0.2) is 0 Å². The summed E-state index contributed by atoms with van der Waals surface area (Å²) in [4.78, 5) is 46.1. The molecule has 0 aliphatic heterocycles. The molecule has 0 bridgehead atoms. The van der Waals surface area contributed by atoms with Crippen LogP contribution in [0.3, 0.4) is 0 Å². The maximum atomic E-state index is 13.4. The number of amides is 3. The molecule has 0 spiro atoms. The summed E-state index contributed by atoms with van der Waals surface area (Å²) in [5, 5.41) is 9.50. The van der Waals surface area contributed by atoms with E-state index in [0.717, 1.165) is 30.6 Å². The highest BCUT2D eigenvalue weighted by Crippen LogP contribution is 2.31. The van der Waals surface area contributed by atoms with E-state index in [1.165, 1.54) is 27.6 Å². The van der Waals surface area contributed by atoms with E-state index in [1.54, 1.807) is 42.0 Å². The highest BCUT2D eigenvalue weighted by Gasteiger charge is 2.35. The van der Waals surface area contributed by atoms with Gasteiger partial charge in [0.2, 0.25) is 11.8 Å². The Kier molecular flexibility index (Phi) is 7.28. The molecule has 166 valence electrons. The Morgan fingerprint density at radius 3 is 2.50 bits per heavy atom. The van der Waals surface area contributed by atoms with Crippen LogP contribution in [-0.4, -0.2) is 35.3 Å². The van der Waals surface area contributed by atoms with Gasteiger partial charge in [-0.2, -0.15) is 0 Å². The zero-order valence-corrected chi connectivity index (χ0v) is 19.0. The highest BCUT2D eigenvalue weighted by molar-refractivity contribution is 7.12. The summed E-state index contributed by atoms with van der Waals surface area (Å²) in [6, 6.07) is 9.94. The van der Waals surface area contributed by atoms with Crippen LogP contribution >= 0.6 is 22.7 Å². The van der Waals surface area contributed by atoms with Crippen LogP contribution in [-0.2, 0) is 9.59 Å². The predicted molar refractivity (Wildman–Crippen MR) is 126 cm³/mol. The van der Waals surface area contributed by atoms with E-state index < -0.39 is 6.04 Å². The number of anilines is 1. The quantitative estimate of drug-likeness (QED) is 0.527. The van der Waals surface area contributed by atoms with Crippen molar-refractivity contribution in [3.05, 3.63) is 69.3 Å². The molecular formula is C23H24N4O3S2. The minimum atomic E-state index is -0.842. The molecule has 1 fully saturated rings.